The number of carbonyl (C=O) groups is 4. The lowest BCUT2D eigenvalue weighted by atomic mass is 9.63. The number of non-ortho nitro benzene ring substituents is 1. The molecule has 2 bridgehead atoms. The van der Waals surface area contributed by atoms with Crippen LogP contribution < -0.4 is 19.3 Å². The molecule has 40 heavy (non-hydrogen) atoms. The zero-order chi connectivity index (χ0) is 27.9. The summed E-state index contributed by atoms with van der Waals surface area (Å²) in [5.41, 5.74) is 0.604. The number of esters is 1. The van der Waals surface area contributed by atoms with Gasteiger partial charge in [0.05, 0.1) is 47.2 Å². The molecule has 7 atom stereocenters. The maximum absolute atomic E-state index is 13.3. The van der Waals surface area contributed by atoms with Gasteiger partial charge < -0.3 is 14.4 Å². The summed E-state index contributed by atoms with van der Waals surface area (Å²) in [6.07, 6.45) is 5.27. The number of methoxy groups -OCH3 is 1. The van der Waals surface area contributed by atoms with Gasteiger partial charge in [0.1, 0.15) is 11.5 Å². The Hall–Kier alpha value is -4.54. The second-order valence-corrected chi connectivity index (χ2v) is 11.1. The number of benzene rings is 2. The highest BCUT2D eigenvalue weighted by Crippen LogP contribution is 2.65. The van der Waals surface area contributed by atoms with E-state index in [1.54, 1.807) is 12.1 Å². The van der Waals surface area contributed by atoms with Crippen LogP contribution in [0.4, 0.5) is 17.1 Å². The van der Waals surface area contributed by atoms with E-state index in [4.69, 9.17) is 9.47 Å². The van der Waals surface area contributed by atoms with Crippen LogP contribution in [0.3, 0.4) is 0 Å². The second kappa shape index (κ2) is 8.73. The number of carbonyl (C=O) groups excluding carboxylic acids is 4. The van der Waals surface area contributed by atoms with E-state index in [0.717, 1.165) is 6.42 Å². The van der Waals surface area contributed by atoms with Gasteiger partial charge >= 0.3 is 5.97 Å². The number of ether oxygens (including phenoxy) is 2. The molecular weight excluding hydrogens is 518 g/mol. The van der Waals surface area contributed by atoms with E-state index >= 15 is 0 Å². The number of allylic oxidation sites excluding steroid dienone is 2. The average Bonchev–Trinajstić information content (AvgIpc) is 3.63. The molecule has 0 radical (unpaired) electrons. The number of amides is 3. The molecular formula is C29H25N3O8. The van der Waals surface area contributed by atoms with Crippen LogP contribution in [0.15, 0.2) is 54.6 Å². The Balaban J connectivity index is 1.03. The Bertz CT molecular complexity index is 1480. The monoisotopic (exact) mass is 543 g/mol. The normalized spacial score (nSPS) is 31.3. The summed E-state index contributed by atoms with van der Waals surface area (Å²) in [5, 5.41) is 11.1. The van der Waals surface area contributed by atoms with Crippen LogP contribution in [0.25, 0.3) is 0 Å². The van der Waals surface area contributed by atoms with E-state index in [1.165, 1.54) is 47.2 Å². The van der Waals surface area contributed by atoms with Crippen molar-refractivity contribution in [3.63, 3.8) is 0 Å². The Kier molecular flexibility index (Phi) is 5.35. The van der Waals surface area contributed by atoms with Gasteiger partial charge in [-0.25, -0.2) is 0 Å². The molecule has 6 aliphatic rings. The Morgan fingerprint density at radius 2 is 1.62 bits per heavy atom. The molecule has 4 aliphatic carbocycles. The highest BCUT2D eigenvalue weighted by Gasteiger charge is 2.67. The highest BCUT2D eigenvalue weighted by atomic mass is 16.6. The molecule has 0 spiro atoms. The highest BCUT2D eigenvalue weighted by molar-refractivity contribution is 6.22. The van der Waals surface area contributed by atoms with Crippen LogP contribution in [-0.2, 0) is 19.2 Å². The number of rotatable bonds is 6. The van der Waals surface area contributed by atoms with Crippen molar-refractivity contribution in [1.29, 1.82) is 0 Å². The number of imide groups is 1. The van der Waals surface area contributed by atoms with Crippen molar-refractivity contribution in [3.8, 4) is 11.5 Å². The quantitative estimate of drug-likeness (QED) is 0.135. The Labute approximate surface area is 228 Å². The fraction of sp³-hybridized carbons (Fsp3) is 0.379. The van der Waals surface area contributed by atoms with Crippen LogP contribution in [0.1, 0.15) is 12.8 Å². The van der Waals surface area contributed by atoms with Crippen molar-refractivity contribution in [1.82, 2.24) is 0 Å². The summed E-state index contributed by atoms with van der Waals surface area (Å²) in [6.45, 7) is 0.0296. The van der Waals surface area contributed by atoms with E-state index in [1.807, 2.05) is 0 Å². The number of hydrogen-bond donors (Lipinski definition) is 0. The van der Waals surface area contributed by atoms with Crippen molar-refractivity contribution in [2.45, 2.75) is 12.8 Å². The molecule has 2 saturated carbocycles. The lowest BCUT2D eigenvalue weighted by Gasteiger charge is -2.37. The molecule has 11 nitrogen and oxygen atoms in total. The Morgan fingerprint density at radius 1 is 0.975 bits per heavy atom. The van der Waals surface area contributed by atoms with Crippen molar-refractivity contribution in [3.05, 3.63) is 64.7 Å². The first-order valence-electron chi connectivity index (χ1n) is 13.3. The summed E-state index contributed by atoms with van der Waals surface area (Å²) in [4.78, 5) is 65.4. The Morgan fingerprint density at radius 3 is 2.23 bits per heavy atom. The van der Waals surface area contributed by atoms with Crippen LogP contribution in [0, 0.1) is 51.5 Å². The van der Waals surface area contributed by atoms with Crippen molar-refractivity contribution in [2.24, 2.45) is 41.4 Å². The van der Waals surface area contributed by atoms with Gasteiger partial charge in [-0.05, 0) is 60.4 Å². The number of hydrogen-bond acceptors (Lipinski definition) is 8. The summed E-state index contributed by atoms with van der Waals surface area (Å²) < 4.78 is 10.8. The predicted octanol–water partition coefficient (Wildman–Crippen LogP) is 3.12. The third-order valence-electron chi connectivity index (χ3n) is 9.10. The first-order valence-corrected chi connectivity index (χ1v) is 13.3. The number of nitrogens with zero attached hydrogens (tertiary/aromatic N) is 3. The molecule has 2 aromatic carbocycles. The minimum absolute atomic E-state index is 0.0296. The van der Waals surface area contributed by atoms with Gasteiger partial charge in [-0.3, -0.25) is 34.2 Å². The van der Waals surface area contributed by atoms with E-state index < -0.39 is 16.8 Å². The third-order valence-corrected chi connectivity index (χ3v) is 9.10. The SMILES string of the molecule is COc1cc([N+](=O)[O-])ccc1N1C[C@H](C(=O)Oc2ccc(N3C(=O)[C@@H]4[C@H]5C=C[C@@H]([C@@H]6C[C@@H]56)[C@@H]4C3=O)cc2)CC1=O. The topological polar surface area (TPSA) is 136 Å². The van der Waals surface area contributed by atoms with Crippen molar-refractivity contribution < 1.29 is 33.6 Å². The van der Waals surface area contributed by atoms with Gasteiger partial charge in [0, 0.05) is 19.0 Å². The number of nitro groups is 1. The first kappa shape index (κ1) is 24.5. The molecule has 3 amide bonds. The van der Waals surface area contributed by atoms with Crippen molar-refractivity contribution >= 4 is 40.8 Å². The molecule has 2 aliphatic heterocycles. The predicted molar refractivity (Wildman–Crippen MR) is 139 cm³/mol. The zero-order valence-corrected chi connectivity index (χ0v) is 21.5. The fourth-order valence-electron chi connectivity index (χ4n) is 7.18. The minimum atomic E-state index is -0.758. The number of anilines is 2. The molecule has 4 fully saturated rings. The maximum Gasteiger partial charge on any atom is 0.316 e. The molecule has 8 rings (SSSR count). The molecule has 2 heterocycles. The molecule has 2 aromatic rings. The summed E-state index contributed by atoms with van der Waals surface area (Å²) >= 11 is 0. The molecule has 0 aromatic heterocycles. The van der Waals surface area contributed by atoms with Gasteiger partial charge in [0.15, 0.2) is 0 Å². The smallest absolute Gasteiger partial charge is 0.316 e. The molecule has 0 unspecified atom stereocenters. The van der Waals surface area contributed by atoms with Crippen LogP contribution in [0.5, 0.6) is 11.5 Å². The van der Waals surface area contributed by atoms with Gasteiger partial charge in [0.2, 0.25) is 17.7 Å². The second-order valence-electron chi connectivity index (χ2n) is 11.1. The van der Waals surface area contributed by atoms with Gasteiger partial charge in [0.25, 0.3) is 5.69 Å². The van der Waals surface area contributed by atoms with Crippen molar-refractivity contribution in [2.75, 3.05) is 23.5 Å². The summed E-state index contributed by atoms with van der Waals surface area (Å²) in [5.74, 6) is -0.888. The summed E-state index contributed by atoms with van der Waals surface area (Å²) in [7, 11) is 1.35. The molecule has 2 saturated heterocycles. The van der Waals surface area contributed by atoms with Gasteiger partial charge in [-0.2, -0.15) is 0 Å². The molecule has 11 heteroatoms. The molecule has 0 N–H and O–H groups in total. The van der Waals surface area contributed by atoms with E-state index in [9.17, 15) is 29.3 Å². The maximum atomic E-state index is 13.3. The van der Waals surface area contributed by atoms with E-state index in [0.29, 0.717) is 23.2 Å². The van der Waals surface area contributed by atoms with E-state index in [2.05, 4.69) is 12.2 Å². The van der Waals surface area contributed by atoms with Crippen LogP contribution in [0.2, 0.25) is 0 Å². The van der Waals surface area contributed by atoms with Gasteiger partial charge in [-0.1, -0.05) is 12.2 Å². The third kappa shape index (κ3) is 3.56. The van der Waals surface area contributed by atoms with Crippen LogP contribution in [-0.4, -0.2) is 42.3 Å². The lowest BCUT2D eigenvalue weighted by Crippen LogP contribution is -2.40. The van der Waals surface area contributed by atoms with Crippen LogP contribution >= 0.6 is 0 Å². The lowest BCUT2D eigenvalue weighted by molar-refractivity contribution is -0.384. The standard InChI is InChI=1S/C29H25N3O8/c1-39-23-11-16(32(37)38)4-9-22(23)30-13-14(10-24(30)33)29(36)40-17-5-2-15(3-6-17)31-27(34)25-18-7-8-19(21-12-20(18)21)26(25)28(31)35/h2-9,11,14,18-21,25-26H,10,12-13H2,1H3/t14-,18+,19+,20+,21+,25-,26+/m1/s1. The fourth-order valence-corrected chi connectivity index (χ4v) is 7.18. The van der Waals surface area contributed by atoms with Gasteiger partial charge in [-0.15, -0.1) is 0 Å². The average molecular weight is 544 g/mol. The largest absolute Gasteiger partial charge is 0.494 e. The molecule has 204 valence electrons. The zero-order valence-electron chi connectivity index (χ0n) is 21.5. The summed E-state index contributed by atoms with van der Waals surface area (Å²) in [6, 6.07) is 10.2. The van der Waals surface area contributed by atoms with E-state index in [-0.39, 0.29) is 71.5 Å². The first-order chi connectivity index (χ1) is 19.3. The minimum Gasteiger partial charge on any atom is -0.494 e. The number of nitro benzene ring substituents is 1.